The fourth-order valence-electron chi connectivity index (χ4n) is 3.14. The summed E-state index contributed by atoms with van der Waals surface area (Å²) < 4.78 is 5.52. The van der Waals surface area contributed by atoms with Gasteiger partial charge in [0.15, 0.2) is 5.58 Å². The van der Waals surface area contributed by atoms with Crippen LogP contribution in [0.2, 0.25) is 0 Å². The number of fused-ring (bicyclic) bond motifs is 3. The van der Waals surface area contributed by atoms with Crippen LogP contribution in [0.5, 0.6) is 0 Å². The molecule has 1 saturated heterocycles. The van der Waals surface area contributed by atoms with Gasteiger partial charge in [-0.25, -0.2) is 0 Å². The van der Waals surface area contributed by atoms with Gasteiger partial charge in [-0.1, -0.05) is 35.5 Å². The van der Waals surface area contributed by atoms with Gasteiger partial charge >= 0.3 is 0 Å². The van der Waals surface area contributed by atoms with Gasteiger partial charge in [0, 0.05) is 39.1 Å². The first-order valence-corrected chi connectivity index (χ1v) is 7.61. The molecule has 4 rings (SSSR count). The molecule has 0 bridgehead atoms. The van der Waals surface area contributed by atoms with Gasteiger partial charge in [0.05, 0.1) is 11.1 Å². The number of benzene rings is 2. The van der Waals surface area contributed by atoms with Crippen LogP contribution in [-0.4, -0.2) is 42.8 Å². The normalized spacial score (nSPS) is 16.8. The van der Waals surface area contributed by atoms with Crippen molar-refractivity contribution in [1.82, 2.24) is 15.4 Å². The lowest BCUT2D eigenvalue weighted by atomic mass is 10.0. The zero-order valence-electron chi connectivity index (χ0n) is 12.0. The molecule has 1 aliphatic rings. The van der Waals surface area contributed by atoms with E-state index in [2.05, 4.69) is 45.7 Å². The topological polar surface area (TPSA) is 41.3 Å². The summed E-state index contributed by atoms with van der Waals surface area (Å²) in [6.45, 7) is 5.46. The smallest absolute Gasteiger partial charge is 0.167 e. The van der Waals surface area contributed by atoms with E-state index >= 15 is 0 Å². The molecule has 1 aromatic heterocycles. The molecular formula is C17H19N3O. The Morgan fingerprint density at radius 2 is 1.95 bits per heavy atom. The van der Waals surface area contributed by atoms with E-state index in [-0.39, 0.29) is 0 Å². The lowest BCUT2D eigenvalue weighted by molar-refractivity contribution is 0.242. The first-order valence-electron chi connectivity index (χ1n) is 7.61. The van der Waals surface area contributed by atoms with Crippen LogP contribution < -0.4 is 5.32 Å². The average Bonchev–Trinajstić information content (AvgIpc) is 2.97. The van der Waals surface area contributed by atoms with Crippen LogP contribution in [0.25, 0.3) is 21.7 Å². The van der Waals surface area contributed by atoms with Crippen LogP contribution in [0, 0.1) is 0 Å². The Bertz CT molecular complexity index is 759. The molecule has 4 heteroatoms. The average molecular weight is 281 g/mol. The summed E-state index contributed by atoms with van der Waals surface area (Å²) in [6, 6.07) is 12.6. The van der Waals surface area contributed by atoms with E-state index in [0.29, 0.717) is 0 Å². The summed E-state index contributed by atoms with van der Waals surface area (Å²) in [5, 5.41) is 11.4. The Kier molecular flexibility index (Phi) is 3.33. The number of nitrogens with zero attached hydrogens (tertiary/aromatic N) is 2. The summed E-state index contributed by atoms with van der Waals surface area (Å²) >= 11 is 0. The Morgan fingerprint density at radius 1 is 1.10 bits per heavy atom. The number of rotatable bonds is 3. The highest BCUT2D eigenvalue weighted by molar-refractivity contribution is 6.06. The Hall–Kier alpha value is -1.91. The molecule has 0 radical (unpaired) electrons. The van der Waals surface area contributed by atoms with Crippen molar-refractivity contribution in [3.8, 4) is 0 Å². The van der Waals surface area contributed by atoms with Gasteiger partial charge in [0.1, 0.15) is 0 Å². The Morgan fingerprint density at radius 3 is 2.86 bits per heavy atom. The van der Waals surface area contributed by atoms with Crippen molar-refractivity contribution in [2.75, 3.05) is 32.7 Å². The number of hydrogen-bond donors (Lipinski definition) is 1. The van der Waals surface area contributed by atoms with Gasteiger partial charge in [-0.05, 0) is 16.8 Å². The molecule has 0 amide bonds. The third-order valence-corrected chi connectivity index (χ3v) is 4.31. The highest BCUT2D eigenvalue weighted by Gasteiger charge is 2.14. The predicted octanol–water partition coefficient (Wildman–Crippen LogP) is 2.43. The molecule has 0 spiro atoms. The zero-order chi connectivity index (χ0) is 14.1. The number of aromatic nitrogens is 1. The lowest BCUT2D eigenvalue weighted by Crippen LogP contribution is -2.44. The van der Waals surface area contributed by atoms with Gasteiger partial charge in [-0.2, -0.15) is 0 Å². The van der Waals surface area contributed by atoms with Gasteiger partial charge in [-0.15, -0.1) is 0 Å². The maximum Gasteiger partial charge on any atom is 0.167 e. The molecule has 2 aromatic carbocycles. The number of hydrogen-bond acceptors (Lipinski definition) is 4. The van der Waals surface area contributed by atoms with Gasteiger partial charge in [0.2, 0.25) is 0 Å². The maximum absolute atomic E-state index is 5.52. The molecule has 1 aliphatic heterocycles. The van der Waals surface area contributed by atoms with E-state index in [1.165, 1.54) is 16.2 Å². The van der Waals surface area contributed by atoms with Crippen LogP contribution >= 0.6 is 0 Å². The summed E-state index contributed by atoms with van der Waals surface area (Å²) in [5.74, 6) is 0. The Labute approximate surface area is 123 Å². The zero-order valence-corrected chi connectivity index (χ0v) is 12.0. The van der Waals surface area contributed by atoms with Crippen LogP contribution in [0.4, 0.5) is 0 Å². The van der Waals surface area contributed by atoms with Crippen LogP contribution in [0.15, 0.2) is 40.9 Å². The van der Waals surface area contributed by atoms with Crippen molar-refractivity contribution < 1.29 is 4.52 Å². The molecule has 2 heterocycles. The first kappa shape index (κ1) is 12.8. The summed E-state index contributed by atoms with van der Waals surface area (Å²) in [6.07, 6.45) is 0.945. The lowest BCUT2D eigenvalue weighted by Gasteiger charge is -2.26. The van der Waals surface area contributed by atoms with E-state index < -0.39 is 0 Å². The molecule has 21 heavy (non-hydrogen) atoms. The first-order chi connectivity index (χ1) is 10.4. The molecule has 108 valence electrons. The second-order valence-corrected chi connectivity index (χ2v) is 5.63. The van der Waals surface area contributed by atoms with E-state index in [9.17, 15) is 0 Å². The highest BCUT2D eigenvalue weighted by Crippen LogP contribution is 2.28. The van der Waals surface area contributed by atoms with Crippen molar-refractivity contribution in [3.63, 3.8) is 0 Å². The summed E-state index contributed by atoms with van der Waals surface area (Å²) in [5.41, 5.74) is 1.98. The standard InChI is InChI=1S/C17H19N3O/c1-2-4-14-13(3-1)5-6-16-17(14)15(19-21-16)7-10-20-11-8-18-9-12-20/h1-6,18H,7-12H2. The molecular weight excluding hydrogens is 262 g/mol. The molecule has 1 fully saturated rings. The van der Waals surface area contributed by atoms with E-state index in [4.69, 9.17) is 4.52 Å². The molecule has 0 unspecified atom stereocenters. The Balaban J connectivity index is 1.66. The van der Waals surface area contributed by atoms with Gasteiger partial charge < -0.3 is 14.7 Å². The van der Waals surface area contributed by atoms with Gasteiger partial charge in [0.25, 0.3) is 0 Å². The molecule has 3 aromatic rings. The maximum atomic E-state index is 5.52. The number of piperazine rings is 1. The quantitative estimate of drug-likeness (QED) is 0.800. The van der Waals surface area contributed by atoms with Crippen molar-refractivity contribution in [2.45, 2.75) is 6.42 Å². The van der Waals surface area contributed by atoms with Crippen LogP contribution in [-0.2, 0) is 6.42 Å². The van der Waals surface area contributed by atoms with Crippen LogP contribution in [0.1, 0.15) is 5.69 Å². The minimum absolute atomic E-state index is 0.893. The largest absolute Gasteiger partial charge is 0.356 e. The van der Waals surface area contributed by atoms with E-state index in [0.717, 1.165) is 50.4 Å². The minimum atomic E-state index is 0.893. The second-order valence-electron chi connectivity index (χ2n) is 5.63. The summed E-state index contributed by atoms with van der Waals surface area (Å²) in [4.78, 5) is 2.49. The predicted molar refractivity (Wildman–Crippen MR) is 84.5 cm³/mol. The summed E-state index contributed by atoms with van der Waals surface area (Å²) in [7, 11) is 0. The third-order valence-electron chi connectivity index (χ3n) is 4.31. The molecule has 4 nitrogen and oxygen atoms in total. The monoisotopic (exact) mass is 281 g/mol. The molecule has 0 aliphatic carbocycles. The van der Waals surface area contributed by atoms with Crippen molar-refractivity contribution in [3.05, 3.63) is 42.1 Å². The van der Waals surface area contributed by atoms with Crippen molar-refractivity contribution >= 4 is 21.7 Å². The molecule has 0 atom stereocenters. The SMILES string of the molecule is c1ccc2c(c1)ccc1onc(CCN3CCNCC3)c12. The second kappa shape index (κ2) is 5.47. The number of nitrogens with one attached hydrogen (secondary N) is 1. The van der Waals surface area contributed by atoms with E-state index in [1.807, 2.05) is 6.07 Å². The minimum Gasteiger partial charge on any atom is -0.356 e. The molecule has 1 N–H and O–H groups in total. The fraction of sp³-hybridized carbons (Fsp3) is 0.353. The third kappa shape index (κ3) is 2.41. The van der Waals surface area contributed by atoms with Gasteiger partial charge in [-0.3, -0.25) is 0 Å². The van der Waals surface area contributed by atoms with Crippen molar-refractivity contribution in [1.29, 1.82) is 0 Å². The fourth-order valence-corrected chi connectivity index (χ4v) is 3.14. The van der Waals surface area contributed by atoms with E-state index in [1.54, 1.807) is 0 Å². The molecule has 0 saturated carbocycles. The highest BCUT2D eigenvalue weighted by atomic mass is 16.5. The van der Waals surface area contributed by atoms with Crippen molar-refractivity contribution in [2.24, 2.45) is 0 Å². The van der Waals surface area contributed by atoms with Crippen LogP contribution in [0.3, 0.4) is 0 Å².